The molecular formula is C17H17N5O3S. The number of aryl methyl sites for hydroxylation is 1. The predicted octanol–water partition coefficient (Wildman–Crippen LogP) is 0.990. The quantitative estimate of drug-likeness (QED) is 0.864. The van der Waals surface area contributed by atoms with Crippen LogP contribution in [-0.2, 0) is 16.2 Å². The van der Waals surface area contributed by atoms with Gasteiger partial charge in [0.1, 0.15) is 5.69 Å². The molecule has 0 saturated carbocycles. The minimum atomic E-state index is -0.280. The fourth-order valence-corrected chi connectivity index (χ4v) is 3.70. The summed E-state index contributed by atoms with van der Waals surface area (Å²) >= 11 is 1.44. The van der Waals surface area contributed by atoms with Crippen LogP contribution in [0.1, 0.15) is 21.1 Å². The molecule has 26 heavy (non-hydrogen) atoms. The van der Waals surface area contributed by atoms with Crippen molar-refractivity contribution in [3.63, 3.8) is 0 Å². The second-order valence-electron chi connectivity index (χ2n) is 6.23. The number of hydrogen-bond acceptors (Lipinski definition) is 7. The maximum absolute atomic E-state index is 12.5. The van der Waals surface area contributed by atoms with E-state index in [0.29, 0.717) is 31.0 Å². The maximum atomic E-state index is 12.5. The number of likely N-dealkylation sites (tertiary alicyclic amines) is 1. The average molecular weight is 371 g/mol. The van der Waals surface area contributed by atoms with Gasteiger partial charge >= 0.3 is 0 Å². The van der Waals surface area contributed by atoms with Crippen molar-refractivity contribution >= 4 is 28.9 Å². The molecule has 0 radical (unpaired) electrons. The van der Waals surface area contributed by atoms with Gasteiger partial charge in [0.2, 0.25) is 0 Å². The molecule has 2 atom stereocenters. The lowest BCUT2D eigenvalue weighted by Crippen LogP contribution is -2.37. The minimum Gasteiger partial charge on any atom is -0.389 e. The van der Waals surface area contributed by atoms with E-state index in [1.807, 2.05) is 19.1 Å². The number of thiazole rings is 1. The smallest absolute Gasteiger partial charge is 0.273 e. The van der Waals surface area contributed by atoms with E-state index in [1.54, 1.807) is 22.7 Å². The van der Waals surface area contributed by atoms with Gasteiger partial charge in [0, 0.05) is 30.9 Å². The van der Waals surface area contributed by atoms with E-state index in [1.165, 1.54) is 11.3 Å². The molecule has 8 nitrogen and oxygen atoms in total. The van der Waals surface area contributed by atoms with E-state index in [0.717, 1.165) is 10.6 Å². The van der Waals surface area contributed by atoms with E-state index in [9.17, 15) is 9.59 Å². The number of amides is 2. The number of rotatable bonds is 4. The van der Waals surface area contributed by atoms with Crippen molar-refractivity contribution in [1.82, 2.24) is 20.2 Å². The first-order valence-electron chi connectivity index (χ1n) is 8.24. The molecule has 2 amide bonds. The van der Waals surface area contributed by atoms with E-state index < -0.39 is 0 Å². The molecule has 2 aliphatic heterocycles. The molecule has 0 unspecified atom stereocenters. The van der Waals surface area contributed by atoms with Crippen LogP contribution >= 0.6 is 11.3 Å². The van der Waals surface area contributed by atoms with E-state index in [-0.39, 0.29) is 23.8 Å². The van der Waals surface area contributed by atoms with E-state index >= 15 is 0 Å². The number of carbonyl (C=O) groups excluding carboxylic acids is 2. The lowest BCUT2D eigenvalue weighted by molar-refractivity contribution is -0.115. The zero-order chi connectivity index (χ0) is 18.1. The van der Waals surface area contributed by atoms with Crippen LogP contribution in [-0.4, -0.2) is 51.6 Å². The van der Waals surface area contributed by atoms with Gasteiger partial charge < -0.3 is 15.1 Å². The van der Waals surface area contributed by atoms with Crippen LogP contribution in [0.5, 0.6) is 0 Å². The fraction of sp³-hybridized carbons (Fsp3) is 0.353. The van der Waals surface area contributed by atoms with Crippen molar-refractivity contribution in [1.29, 1.82) is 0 Å². The third-order valence-electron chi connectivity index (χ3n) is 4.44. The highest BCUT2D eigenvalue weighted by Crippen LogP contribution is 2.28. The molecule has 0 aliphatic carbocycles. The Hall–Kier alpha value is -2.81. The van der Waals surface area contributed by atoms with Gasteiger partial charge in [0.05, 0.1) is 17.5 Å². The Bertz CT molecular complexity index is 866. The van der Waals surface area contributed by atoms with Crippen LogP contribution in [0.3, 0.4) is 0 Å². The fourth-order valence-electron chi connectivity index (χ4n) is 3.11. The first kappa shape index (κ1) is 16.6. The Morgan fingerprint density at radius 3 is 3.04 bits per heavy atom. The first-order valence-corrected chi connectivity index (χ1v) is 9.12. The van der Waals surface area contributed by atoms with Crippen LogP contribution in [0.25, 0.3) is 0 Å². The van der Waals surface area contributed by atoms with Crippen molar-refractivity contribution < 1.29 is 14.4 Å². The third kappa shape index (κ3) is 3.17. The topological polar surface area (TPSA) is 96.8 Å². The summed E-state index contributed by atoms with van der Waals surface area (Å²) in [5.74, 6) is -0.629. The van der Waals surface area contributed by atoms with Crippen molar-refractivity contribution in [2.45, 2.75) is 19.6 Å². The van der Waals surface area contributed by atoms with Crippen LogP contribution < -0.4 is 5.32 Å². The van der Waals surface area contributed by atoms with Gasteiger partial charge in [-0.3, -0.25) is 14.6 Å². The predicted molar refractivity (Wildman–Crippen MR) is 94.6 cm³/mol. The molecular weight excluding hydrogens is 354 g/mol. The van der Waals surface area contributed by atoms with Crippen LogP contribution in [0, 0.1) is 12.8 Å². The van der Waals surface area contributed by atoms with Gasteiger partial charge in [0.25, 0.3) is 11.8 Å². The van der Waals surface area contributed by atoms with E-state index in [2.05, 4.69) is 20.4 Å². The molecule has 1 saturated heterocycles. The number of pyridine rings is 1. The summed E-state index contributed by atoms with van der Waals surface area (Å²) in [6.45, 7) is 3.03. The minimum absolute atomic E-state index is 0.137. The molecule has 4 rings (SSSR count). The highest BCUT2D eigenvalue weighted by molar-refractivity contribution is 7.09. The summed E-state index contributed by atoms with van der Waals surface area (Å²) in [7, 11) is 0. The first-order chi connectivity index (χ1) is 12.6. The molecule has 9 heteroatoms. The van der Waals surface area contributed by atoms with Crippen LogP contribution in [0.2, 0.25) is 0 Å². The second-order valence-corrected chi connectivity index (χ2v) is 7.29. The Kier molecular flexibility index (Phi) is 4.37. The van der Waals surface area contributed by atoms with E-state index in [4.69, 9.17) is 4.84 Å². The van der Waals surface area contributed by atoms with Crippen molar-refractivity contribution in [2.75, 3.05) is 13.1 Å². The Labute approximate surface area is 153 Å². The van der Waals surface area contributed by atoms with Gasteiger partial charge in [-0.25, -0.2) is 4.98 Å². The number of carbonyl (C=O) groups is 2. The molecule has 2 aliphatic rings. The highest BCUT2D eigenvalue weighted by atomic mass is 32.1. The second kappa shape index (κ2) is 6.83. The molecule has 0 aromatic carbocycles. The number of hydrogen-bond donors (Lipinski definition) is 1. The third-order valence-corrected chi connectivity index (χ3v) is 5.21. The molecule has 4 heterocycles. The number of aromatic nitrogens is 2. The lowest BCUT2D eigenvalue weighted by Gasteiger charge is -2.15. The molecule has 2 aromatic rings. The monoisotopic (exact) mass is 371 g/mol. The number of oxime groups is 1. The lowest BCUT2D eigenvalue weighted by atomic mass is 10.0. The molecule has 2 aromatic heterocycles. The maximum Gasteiger partial charge on any atom is 0.273 e. The average Bonchev–Trinajstić information content (AvgIpc) is 3.35. The SMILES string of the molecule is Cc1nc(C(=O)N2C[C@@H]3C(C(=O)NCc4cccnc4)=NO[C@@H]3C2)cs1. The van der Waals surface area contributed by atoms with Gasteiger partial charge in [-0.2, -0.15) is 0 Å². The van der Waals surface area contributed by atoms with Crippen LogP contribution in [0.4, 0.5) is 0 Å². The summed E-state index contributed by atoms with van der Waals surface area (Å²) in [6, 6.07) is 3.70. The molecule has 1 N–H and O–H groups in total. The van der Waals surface area contributed by atoms with Crippen molar-refractivity contribution in [2.24, 2.45) is 11.1 Å². The van der Waals surface area contributed by atoms with Gasteiger partial charge in [-0.1, -0.05) is 11.2 Å². The summed E-state index contributed by atoms with van der Waals surface area (Å²) in [6.07, 6.45) is 3.10. The van der Waals surface area contributed by atoms with Gasteiger partial charge in [-0.05, 0) is 18.6 Å². The van der Waals surface area contributed by atoms with Gasteiger partial charge in [-0.15, -0.1) is 11.3 Å². The Balaban J connectivity index is 1.38. The molecule has 134 valence electrons. The zero-order valence-electron chi connectivity index (χ0n) is 14.1. The normalized spacial score (nSPS) is 21.1. The number of nitrogens with zero attached hydrogens (tertiary/aromatic N) is 4. The summed E-state index contributed by atoms with van der Waals surface area (Å²) in [5.41, 5.74) is 1.68. The van der Waals surface area contributed by atoms with Crippen molar-refractivity contribution in [3.8, 4) is 0 Å². The Morgan fingerprint density at radius 1 is 1.42 bits per heavy atom. The summed E-state index contributed by atoms with van der Waals surface area (Å²) < 4.78 is 0. The standard InChI is InChI=1S/C17H17N5O3S/c1-10-20-13(9-26-10)17(24)22-7-12-14(8-22)25-21-15(12)16(23)19-6-11-3-2-4-18-5-11/h2-5,9,12,14H,6-8H2,1H3,(H,19,23)/t12-,14+/m0/s1. The van der Waals surface area contributed by atoms with Crippen LogP contribution in [0.15, 0.2) is 35.1 Å². The van der Waals surface area contributed by atoms with Crippen molar-refractivity contribution in [3.05, 3.63) is 46.2 Å². The summed E-state index contributed by atoms with van der Waals surface area (Å²) in [5, 5.41) is 9.37. The summed E-state index contributed by atoms with van der Waals surface area (Å²) in [4.78, 5) is 40.3. The zero-order valence-corrected chi connectivity index (χ0v) is 14.9. The molecule has 1 fully saturated rings. The molecule has 0 spiro atoms. The highest BCUT2D eigenvalue weighted by Gasteiger charge is 2.46. The number of nitrogens with one attached hydrogen (secondary N) is 1. The largest absolute Gasteiger partial charge is 0.389 e. The number of fused-ring (bicyclic) bond motifs is 1. The van der Waals surface area contributed by atoms with Gasteiger partial charge in [0.15, 0.2) is 11.8 Å². The Morgan fingerprint density at radius 2 is 2.31 bits per heavy atom. The molecule has 0 bridgehead atoms.